The molecule has 1 fully saturated rings. The number of Topliss-reactive ketones (excluding diaryl/α,β-unsaturated/α-hetero) is 1. The Morgan fingerprint density at radius 1 is 1.25 bits per heavy atom. The fraction of sp³-hybridized carbons (Fsp3) is 0.526. The molecule has 1 saturated heterocycles. The van der Waals surface area contributed by atoms with Crippen LogP contribution in [0.5, 0.6) is 11.5 Å². The molecule has 24 heavy (non-hydrogen) atoms. The molecule has 3 unspecified atom stereocenters. The fourth-order valence-corrected chi connectivity index (χ4v) is 5.17. The lowest BCUT2D eigenvalue weighted by Crippen LogP contribution is -2.60. The quantitative estimate of drug-likeness (QED) is 0.790. The minimum absolute atomic E-state index is 0.127. The van der Waals surface area contributed by atoms with E-state index in [2.05, 4.69) is 30.2 Å². The molecule has 3 atom stereocenters. The van der Waals surface area contributed by atoms with E-state index < -0.39 is 0 Å². The number of fused-ring (bicyclic) bond motifs is 2. The Bertz CT molecular complexity index is 771. The molecule has 2 aliphatic carbocycles. The van der Waals surface area contributed by atoms with Crippen LogP contribution in [0.1, 0.15) is 24.0 Å². The number of piperidine rings is 1. The van der Waals surface area contributed by atoms with Crippen molar-refractivity contribution in [2.75, 3.05) is 27.5 Å². The lowest BCUT2D eigenvalue weighted by Gasteiger charge is -2.56. The standard InChI is InChI=1S/C19H21NO4/c1-20-4-3-19-9-18(22-2)15(21)7-13(19)14(20)5-11-6-16-17(8-12(11)19)24-10-23-16/h6,8-9,13-14H,3-5,7,10H2,1-2H3. The number of carbonyl (C=O) groups is 1. The smallest absolute Gasteiger partial charge is 0.231 e. The molecule has 2 aliphatic heterocycles. The summed E-state index contributed by atoms with van der Waals surface area (Å²) in [5.74, 6) is 2.61. The van der Waals surface area contributed by atoms with Gasteiger partial charge in [-0.2, -0.15) is 0 Å². The van der Waals surface area contributed by atoms with Gasteiger partial charge in [0.2, 0.25) is 6.79 Å². The Morgan fingerprint density at radius 2 is 2.04 bits per heavy atom. The fourth-order valence-electron chi connectivity index (χ4n) is 5.17. The van der Waals surface area contributed by atoms with E-state index >= 15 is 0 Å². The highest BCUT2D eigenvalue weighted by molar-refractivity contribution is 5.95. The molecule has 0 spiro atoms. The highest BCUT2D eigenvalue weighted by atomic mass is 16.7. The molecule has 1 aromatic carbocycles. The van der Waals surface area contributed by atoms with E-state index in [1.165, 1.54) is 11.1 Å². The number of methoxy groups -OCH3 is 1. The van der Waals surface area contributed by atoms with Crippen molar-refractivity contribution in [1.29, 1.82) is 0 Å². The predicted octanol–water partition coefficient (Wildman–Crippen LogP) is 2.03. The van der Waals surface area contributed by atoms with Gasteiger partial charge in [0, 0.05) is 17.9 Å². The summed E-state index contributed by atoms with van der Waals surface area (Å²) in [5.41, 5.74) is 2.47. The summed E-state index contributed by atoms with van der Waals surface area (Å²) in [4.78, 5) is 14.9. The Hall–Kier alpha value is -2.01. The van der Waals surface area contributed by atoms with Crippen LogP contribution in [0.3, 0.4) is 0 Å². The lowest BCUT2D eigenvalue weighted by atomic mass is 9.54. The van der Waals surface area contributed by atoms with Crippen LogP contribution in [0.2, 0.25) is 0 Å². The van der Waals surface area contributed by atoms with Crippen LogP contribution in [-0.2, 0) is 21.4 Å². The minimum atomic E-state index is -0.134. The molecule has 5 heteroatoms. The van der Waals surface area contributed by atoms with Crippen molar-refractivity contribution in [2.24, 2.45) is 5.92 Å². The second-order valence-electron chi connectivity index (χ2n) is 7.35. The SMILES string of the molecule is COC1=CC23CCN(C)C(Cc4cc5c(cc42)OCO5)C3CC1=O. The molecule has 5 nitrogen and oxygen atoms in total. The zero-order chi connectivity index (χ0) is 16.5. The van der Waals surface area contributed by atoms with Gasteiger partial charge in [0.1, 0.15) is 0 Å². The summed E-state index contributed by atoms with van der Waals surface area (Å²) in [6.07, 6.45) is 4.61. The van der Waals surface area contributed by atoms with Gasteiger partial charge in [0.15, 0.2) is 23.0 Å². The van der Waals surface area contributed by atoms with Crippen LogP contribution in [0.25, 0.3) is 0 Å². The number of carbonyl (C=O) groups excluding carboxylic acids is 1. The van der Waals surface area contributed by atoms with Crippen LogP contribution < -0.4 is 9.47 Å². The van der Waals surface area contributed by atoms with E-state index in [0.717, 1.165) is 30.9 Å². The maximum absolute atomic E-state index is 12.5. The van der Waals surface area contributed by atoms with Crippen LogP contribution in [-0.4, -0.2) is 44.2 Å². The predicted molar refractivity (Wildman–Crippen MR) is 87.2 cm³/mol. The van der Waals surface area contributed by atoms with Gasteiger partial charge in [0.05, 0.1) is 7.11 Å². The Balaban J connectivity index is 1.76. The van der Waals surface area contributed by atoms with Crippen molar-refractivity contribution < 1.29 is 19.0 Å². The van der Waals surface area contributed by atoms with Crippen LogP contribution in [0.4, 0.5) is 0 Å². The molecule has 2 heterocycles. The van der Waals surface area contributed by atoms with E-state index in [0.29, 0.717) is 24.1 Å². The molecule has 126 valence electrons. The van der Waals surface area contributed by atoms with Gasteiger partial charge in [-0.3, -0.25) is 4.79 Å². The first kappa shape index (κ1) is 14.3. The van der Waals surface area contributed by atoms with Crippen molar-refractivity contribution in [3.63, 3.8) is 0 Å². The summed E-state index contributed by atoms with van der Waals surface area (Å²) in [5, 5.41) is 0. The van der Waals surface area contributed by atoms with Crippen LogP contribution in [0, 0.1) is 5.92 Å². The third-order valence-corrected chi connectivity index (χ3v) is 6.39. The van der Waals surface area contributed by atoms with Crippen molar-refractivity contribution in [2.45, 2.75) is 30.7 Å². The minimum Gasteiger partial charge on any atom is -0.493 e. The molecular formula is C19H21NO4. The normalized spacial score (nSPS) is 33.6. The number of nitrogens with zero attached hydrogens (tertiary/aromatic N) is 1. The summed E-state index contributed by atoms with van der Waals surface area (Å²) in [6, 6.07) is 4.66. The zero-order valence-corrected chi connectivity index (χ0v) is 14.0. The number of allylic oxidation sites excluding steroid dienone is 2. The molecule has 4 aliphatic rings. The molecule has 1 aromatic rings. The van der Waals surface area contributed by atoms with Crippen molar-refractivity contribution in [3.05, 3.63) is 35.1 Å². The largest absolute Gasteiger partial charge is 0.493 e. The number of ketones is 1. The molecule has 0 aromatic heterocycles. The highest BCUT2D eigenvalue weighted by Gasteiger charge is 2.55. The van der Waals surface area contributed by atoms with Gasteiger partial charge in [-0.1, -0.05) is 0 Å². The molecular weight excluding hydrogens is 306 g/mol. The van der Waals surface area contributed by atoms with Crippen molar-refractivity contribution in [1.82, 2.24) is 4.90 Å². The van der Waals surface area contributed by atoms with E-state index in [-0.39, 0.29) is 18.0 Å². The molecule has 0 amide bonds. The number of benzene rings is 1. The van der Waals surface area contributed by atoms with Crippen LogP contribution in [0.15, 0.2) is 24.0 Å². The van der Waals surface area contributed by atoms with Gasteiger partial charge in [0.25, 0.3) is 0 Å². The van der Waals surface area contributed by atoms with Gasteiger partial charge in [-0.25, -0.2) is 0 Å². The Labute approximate surface area is 141 Å². The summed E-state index contributed by atoms with van der Waals surface area (Å²) >= 11 is 0. The monoisotopic (exact) mass is 327 g/mol. The number of likely N-dealkylation sites (tertiary alicyclic amines) is 1. The number of hydrogen-bond donors (Lipinski definition) is 0. The average Bonchev–Trinajstić information content (AvgIpc) is 3.04. The Morgan fingerprint density at radius 3 is 2.83 bits per heavy atom. The maximum Gasteiger partial charge on any atom is 0.231 e. The first-order valence-corrected chi connectivity index (χ1v) is 8.55. The van der Waals surface area contributed by atoms with Gasteiger partial charge >= 0.3 is 0 Å². The molecule has 5 rings (SSSR count). The highest BCUT2D eigenvalue weighted by Crippen LogP contribution is 2.55. The maximum atomic E-state index is 12.5. The number of likely N-dealkylation sites (N-methyl/N-ethyl adjacent to an activating group) is 1. The topological polar surface area (TPSA) is 48.0 Å². The Kier molecular flexibility index (Phi) is 2.84. The van der Waals surface area contributed by atoms with Gasteiger partial charge < -0.3 is 19.1 Å². The molecule has 2 bridgehead atoms. The molecule has 0 saturated carbocycles. The van der Waals surface area contributed by atoms with E-state index in [1.807, 2.05) is 0 Å². The second kappa shape index (κ2) is 4.76. The first-order chi connectivity index (χ1) is 11.6. The second-order valence-corrected chi connectivity index (χ2v) is 7.35. The molecule has 0 N–H and O–H groups in total. The van der Waals surface area contributed by atoms with E-state index in [9.17, 15) is 4.79 Å². The van der Waals surface area contributed by atoms with E-state index in [4.69, 9.17) is 14.2 Å². The lowest BCUT2D eigenvalue weighted by molar-refractivity contribution is -0.122. The van der Waals surface area contributed by atoms with E-state index in [1.54, 1.807) is 7.11 Å². The summed E-state index contributed by atoms with van der Waals surface area (Å²) < 4.78 is 16.6. The third kappa shape index (κ3) is 1.71. The number of rotatable bonds is 1. The zero-order valence-electron chi connectivity index (χ0n) is 14.0. The van der Waals surface area contributed by atoms with Gasteiger partial charge in [-0.15, -0.1) is 0 Å². The average molecular weight is 327 g/mol. The molecule has 0 radical (unpaired) electrons. The number of ether oxygens (including phenoxy) is 3. The first-order valence-electron chi connectivity index (χ1n) is 8.55. The van der Waals surface area contributed by atoms with Crippen LogP contribution >= 0.6 is 0 Å². The van der Waals surface area contributed by atoms with Crippen molar-refractivity contribution in [3.8, 4) is 11.5 Å². The van der Waals surface area contributed by atoms with Crippen molar-refractivity contribution >= 4 is 5.78 Å². The van der Waals surface area contributed by atoms with Gasteiger partial charge in [-0.05, 0) is 61.7 Å². The summed E-state index contributed by atoms with van der Waals surface area (Å²) in [6.45, 7) is 1.31. The number of hydrogen-bond acceptors (Lipinski definition) is 5. The third-order valence-electron chi connectivity index (χ3n) is 6.39. The summed E-state index contributed by atoms with van der Waals surface area (Å²) in [7, 11) is 3.77.